The van der Waals surface area contributed by atoms with Crippen LogP contribution in [0, 0.1) is 0 Å². The van der Waals surface area contributed by atoms with Gasteiger partial charge in [0.05, 0.1) is 9.92 Å². The van der Waals surface area contributed by atoms with Gasteiger partial charge >= 0.3 is 0 Å². The van der Waals surface area contributed by atoms with Crippen LogP contribution in [-0.2, 0) is 10.0 Å². The van der Waals surface area contributed by atoms with Gasteiger partial charge in [0.15, 0.2) is 0 Å². The summed E-state index contributed by atoms with van der Waals surface area (Å²) < 4.78 is 27.0. The Kier molecular flexibility index (Phi) is 6.59. The molecule has 1 rings (SSSR count). The van der Waals surface area contributed by atoms with Crippen molar-refractivity contribution in [2.45, 2.75) is 18.2 Å². The van der Waals surface area contributed by atoms with E-state index in [0.717, 1.165) is 13.0 Å². The van der Waals surface area contributed by atoms with Crippen molar-refractivity contribution in [2.75, 3.05) is 19.6 Å². The van der Waals surface area contributed by atoms with Crippen molar-refractivity contribution in [1.82, 2.24) is 10.0 Å². The molecule has 1 aromatic carbocycles. The molecular weight excluding hydrogens is 340 g/mol. The van der Waals surface area contributed by atoms with Gasteiger partial charge in [-0.3, -0.25) is 0 Å². The molecule has 0 aliphatic heterocycles. The fourth-order valence-electron chi connectivity index (χ4n) is 1.30. The maximum absolute atomic E-state index is 11.9. The molecule has 2 N–H and O–H groups in total. The third-order valence-electron chi connectivity index (χ3n) is 2.22. The van der Waals surface area contributed by atoms with Gasteiger partial charge in [-0.25, -0.2) is 13.1 Å². The van der Waals surface area contributed by atoms with Crippen LogP contribution in [0.15, 0.2) is 27.6 Å². The quantitative estimate of drug-likeness (QED) is 0.738. The van der Waals surface area contributed by atoms with Gasteiger partial charge in [-0.05, 0) is 47.1 Å². The third kappa shape index (κ3) is 4.85. The maximum atomic E-state index is 11.9. The van der Waals surface area contributed by atoms with E-state index in [1.165, 1.54) is 12.1 Å². The van der Waals surface area contributed by atoms with Gasteiger partial charge in [0.25, 0.3) is 0 Å². The fourth-order valence-corrected chi connectivity index (χ4v) is 2.85. The molecule has 0 bridgehead atoms. The Morgan fingerprint density at radius 3 is 2.61 bits per heavy atom. The van der Waals surface area contributed by atoms with E-state index in [0.29, 0.717) is 22.6 Å². The lowest BCUT2D eigenvalue weighted by Gasteiger charge is -2.08. The minimum atomic E-state index is -3.48. The van der Waals surface area contributed by atoms with Crippen LogP contribution >= 0.6 is 27.5 Å². The van der Waals surface area contributed by atoms with Gasteiger partial charge in [-0.15, -0.1) is 0 Å². The van der Waals surface area contributed by atoms with Gasteiger partial charge in [0, 0.05) is 17.6 Å². The zero-order valence-corrected chi connectivity index (χ0v) is 13.2. The summed E-state index contributed by atoms with van der Waals surface area (Å²) in [5.41, 5.74) is 0. The number of hydrogen-bond acceptors (Lipinski definition) is 3. The highest BCUT2D eigenvalue weighted by Gasteiger charge is 2.14. The molecule has 0 amide bonds. The number of halogens is 2. The van der Waals surface area contributed by atoms with Crippen molar-refractivity contribution >= 4 is 37.6 Å². The monoisotopic (exact) mass is 354 g/mol. The smallest absolute Gasteiger partial charge is 0.240 e. The van der Waals surface area contributed by atoms with Crippen molar-refractivity contribution in [2.24, 2.45) is 0 Å². The number of rotatable bonds is 7. The summed E-state index contributed by atoms with van der Waals surface area (Å²) in [4.78, 5) is 0.172. The van der Waals surface area contributed by atoms with Gasteiger partial charge < -0.3 is 5.32 Å². The maximum Gasteiger partial charge on any atom is 0.240 e. The van der Waals surface area contributed by atoms with Crippen LogP contribution in [-0.4, -0.2) is 28.1 Å². The summed E-state index contributed by atoms with van der Waals surface area (Å²) in [5, 5.41) is 3.50. The van der Waals surface area contributed by atoms with Crippen LogP contribution in [0.5, 0.6) is 0 Å². The fraction of sp³-hybridized carbons (Fsp3) is 0.455. The first-order chi connectivity index (χ1) is 8.47. The molecule has 0 aromatic heterocycles. The number of hydrogen-bond donors (Lipinski definition) is 2. The van der Waals surface area contributed by atoms with Crippen molar-refractivity contribution < 1.29 is 8.42 Å². The average Bonchev–Trinajstić information content (AvgIpc) is 2.32. The highest BCUT2D eigenvalue weighted by atomic mass is 79.9. The molecule has 4 nitrogen and oxygen atoms in total. The van der Waals surface area contributed by atoms with Crippen LogP contribution < -0.4 is 10.0 Å². The first kappa shape index (κ1) is 15.9. The lowest BCUT2D eigenvalue weighted by Crippen LogP contribution is -2.32. The van der Waals surface area contributed by atoms with Gasteiger partial charge in [0.2, 0.25) is 10.0 Å². The second-order valence-corrected chi connectivity index (χ2v) is 6.75. The topological polar surface area (TPSA) is 58.2 Å². The second-order valence-electron chi connectivity index (χ2n) is 3.72. The molecule has 0 spiro atoms. The van der Waals surface area contributed by atoms with Gasteiger partial charge in [-0.2, -0.15) is 0 Å². The lowest BCUT2D eigenvalue weighted by atomic mass is 10.4. The van der Waals surface area contributed by atoms with E-state index in [4.69, 9.17) is 11.6 Å². The van der Waals surface area contributed by atoms with E-state index in [9.17, 15) is 8.42 Å². The predicted octanol–water partition coefficient (Wildman–Crippen LogP) is 2.38. The standard InChI is InChI=1S/C11H16BrClN2O2S/c1-2-5-14-6-7-15-18(16,17)9-3-4-10(12)11(13)8-9/h3-4,8,14-15H,2,5-7H2,1H3. The molecule has 0 unspecified atom stereocenters. The molecule has 0 heterocycles. The van der Waals surface area contributed by atoms with Crippen molar-refractivity contribution in [3.05, 3.63) is 27.7 Å². The molecule has 0 radical (unpaired) electrons. The molecule has 7 heteroatoms. The normalized spacial score (nSPS) is 11.7. The van der Waals surface area contributed by atoms with E-state index in [2.05, 4.69) is 32.9 Å². The summed E-state index contributed by atoms with van der Waals surface area (Å²) >= 11 is 9.09. The van der Waals surface area contributed by atoms with E-state index < -0.39 is 10.0 Å². The van der Waals surface area contributed by atoms with Crippen molar-refractivity contribution in [1.29, 1.82) is 0 Å². The molecular formula is C11H16BrClN2O2S. The van der Waals surface area contributed by atoms with E-state index in [1.54, 1.807) is 6.07 Å². The second kappa shape index (κ2) is 7.45. The largest absolute Gasteiger partial charge is 0.315 e. The first-order valence-electron chi connectivity index (χ1n) is 5.63. The highest BCUT2D eigenvalue weighted by Crippen LogP contribution is 2.25. The van der Waals surface area contributed by atoms with E-state index >= 15 is 0 Å². The Balaban J connectivity index is 2.60. The van der Waals surface area contributed by atoms with E-state index in [1.807, 2.05) is 0 Å². The Morgan fingerprint density at radius 2 is 2.00 bits per heavy atom. The molecule has 0 fully saturated rings. The van der Waals surface area contributed by atoms with Gasteiger partial charge in [-0.1, -0.05) is 18.5 Å². The Hall–Kier alpha value is -0.140. The Bertz CT molecular complexity index is 494. The predicted molar refractivity (Wildman–Crippen MR) is 77.5 cm³/mol. The number of sulfonamides is 1. The zero-order valence-electron chi connectivity index (χ0n) is 10.0. The summed E-state index contributed by atoms with van der Waals surface area (Å²) in [6.07, 6.45) is 1.02. The molecule has 0 aliphatic rings. The lowest BCUT2D eigenvalue weighted by molar-refractivity contribution is 0.575. The molecule has 0 aliphatic carbocycles. The molecule has 18 heavy (non-hydrogen) atoms. The molecule has 102 valence electrons. The average molecular weight is 356 g/mol. The Morgan fingerprint density at radius 1 is 1.28 bits per heavy atom. The van der Waals surface area contributed by atoms with Gasteiger partial charge in [0.1, 0.15) is 0 Å². The molecule has 0 saturated heterocycles. The summed E-state index contributed by atoms with van der Waals surface area (Å²) in [5.74, 6) is 0. The molecule has 1 aromatic rings. The number of nitrogens with one attached hydrogen (secondary N) is 2. The summed E-state index contributed by atoms with van der Waals surface area (Å²) in [7, 11) is -3.48. The minimum absolute atomic E-state index is 0.172. The number of benzene rings is 1. The van der Waals surface area contributed by atoms with Crippen LogP contribution in [0.2, 0.25) is 5.02 Å². The summed E-state index contributed by atoms with van der Waals surface area (Å²) in [6, 6.07) is 4.55. The van der Waals surface area contributed by atoms with Crippen molar-refractivity contribution in [3.8, 4) is 0 Å². The van der Waals surface area contributed by atoms with Crippen LogP contribution in [0.3, 0.4) is 0 Å². The SMILES string of the molecule is CCCNCCNS(=O)(=O)c1ccc(Br)c(Cl)c1. The first-order valence-corrected chi connectivity index (χ1v) is 8.28. The zero-order chi connectivity index (χ0) is 13.6. The Labute approximate surface area is 121 Å². The van der Waals surface area contributed by atoms with Crippen LogP contribution in [0.25, 0.3) is 0 Å². The highest BCUT2D eigenvalue weighted by molar-refractivity contribution is 9.10. The molecule has 0 atom stereocenters. The van der Waals surface area contributed by atoms with Crippen molar-refractivity contribution in [3.63, 3.8) is 0 Å². The van der Waals surface area contributed by atoms with E-state index in [-0.39, 0.29) is 4.90 Å². The molecule has 0 saturated carbocycles. The van der Waals surface area contributed by atoms with Crippen LogP contribution in [0.1, 0.15) is 13.3 Å². The third-order valence-corrected chi connectivity index (χ3v) is 4.91. The minimum Gasteiger partial charge on any atom is -0.315 e. The van der Waals surface area contributed by atoms with Crippen LogP contribution in [0.4, 0.5) is 0 Å². The summed E-state index contributed by atoms with van der Waals surface area (Å²) in [6.45, 7) is 3.90.